The summed E-state index contributed by atoms with van der Waals surface area (Å²) in [6.45, 7) is 8.07. The van der Waals surface area contributed by atoms with Crippen LogP contribution in [0.15, 0.2) is 36.4 Å². The number of benzene rings is 2. The molecule has 0 aliphatic carbocycles. The van der Waals surface area contributed by atoms with Crippen molar-refractivity contribution in [2.24, 2.45) is 0 Å². The molecule has 0 atom stereocenters. The number of piperazine rings is 1. The number of carboxylic acid groups (broad SMARTS) is 1. The van der Waals surface area contributed by atoms with Gasteiger partial charge in [0.1, 0.15) is 5.60 Å². The van der Waals surface area contributed by atoms with Crippen LogP contribution in [0.1, 0.15) is 31.1 Å². The monoisotopic (exact) mass is 356 g/mol. The van der Waals surface area contributed by atoms with E-state index in [1.54, 1.807) is 11.0 Å². The molecular formula is C20H24N2O4. The van der Waals surface area contributed by atoms with Gasteiger partial charge in [0.2, 0.25) is 0 Å². The lowest BCUT2D eigenvalue weighted by Crippen LogP contribution is -2.50. The number of rotatable bonds is 2. The van der Waals surface area contributed by atoms with Crippen LogP contribution in [-0.4, -0.2) is 53.8 Å². The molecule has 0 saturated carbocycles. The van der Waals surface area contributed by atoms with Crippen LogP contribution in [0.4, 0.5) is 10.5 Å². The van der Waals surface area contributed by atoms with E-state index in [-0.39, 0.29) is 6.09 Å². The highest BCUT2D eigenvalue weighted by Gasteiger charge is 2.26. The van der Waals surface area contributed by atoms with Gasteiger partial charge in [-0.2, -0.15) is 0 Å². The molecule has 1 amide bonds. The van der Waals surface area contributed by atoms with E-state index in [9.17, 15) is 14.7 Å². The van der Waals surface area contributed by atoms with Crippen LogP contribution in [0.2, 0.25) is 0 Å². The molecule has 3 rings (SSSR count). The molecule has 1 N–H and O–H groups in total. The zero-order valence-electron chi connectivity index (χ0n) is 15.4. The van der Waals surface area contributed by atoms with Crippen molar-refractivity contribution in [3.63, 3.8) is 0 Å². The zero-order chi connectivity index (χ0) is 18.9. The van der Waals surface area contributed by atoms with Gasteiger partial charge in [-0.3, -0.25) is 0 Å². The molecule has 1 aliphatic rings. The van der Waals surface area contributed by atoms with E-state index in [4.69, 9.17) is 4.74 Å². The van der Waals surface area contributed by atoms with Gasteiger partial charge in [0.05, 0.1) is 5.56 Å². The molecule has 0 spiro atoms. The maximum Gasteiger partial charge on any atom is 0.410 e. The Morgan fingerprint density at radius 1 is 0.962 bits per heavy atom. The lowest BCUT2D eigenvalue weighted by molar-refractivity contribution is 0.0240. The molecule has 0 unspecified atom stereocenters. The summed E-state index contributed by atoms with van der Waals surface area (Å²) >= 11 is 0. The van der Waals surface area contributed by atoms with Gasteiger partial charge in [0.15, 0.2) is 0 Å². The molecule has 0 bridgehead atoms. The number of nitrogens with zero attached hydrogens (tertiary/aromatic N) is 2. The van der Waals surface area contributed by atoms with Crippen LogP contribution in [0, 0.1) is 0 Å². The molecule has 1 saturated heterocycles. The largest absolute Gasteiger partial charge is 0.478 e. The fourth-order valence-electron chi connectivity index (χ4n) is 3.20. The van der Waals surface area contributed by atoms with Gasteiger partial charge < -0.3 is 19.6 Å². The van der Waals surface area contributed by atoms with Crippen molar-refractivity contribution >= 4 is 28.5 Å². The summed E-state index contributed by atoms with van der Waals surface area (Å²) in [6, 6.07) is 11.0. The van der Waals surface area contributed by atoms with Gasteiger partial charge >= 0.3 is 12.1 Å². The molecular weight excluding hydrogens is 332 g/mol. The predicted octanol–water partition coefficient (Wildman–Crippen LogP) is 3.60. The maximum atomic E-state index is 12.2. The Labute approximate surface area is 153 Å². The fourth-order valence-corrected chi connectivity index (χ4v) is 3.20. The average Bonchev–Trinajstić information content (AvgIpc) is 2.59. The third-order valence-corrected chi connectivity index (χ3v) is 4.40. The Hall–Kier alpha value is -2.76. The summed E-state index contributed by atoms with van der Waals surface area (Å²) < 4.78 is 5.43. The summed E-state index contributed by atoms with van der Waals surface area (Å²) in [6.07, 6.45) is -0.289. The number of carbonyl (C=O) groups excluding carboxylic acids is 1. The van der Waals surface area contributed by atoms with E-state index in [0.29, 0.717) is 31.7 Å². The Balaban J connectivity index is 1.79. The van der Waals surface area contributed by atoms with E-state index in [1.165, 1.54) is 0 Å². The predicted molar refractivity (Wildman–Crippen MR) is 101 cm³/mol. The number of carbonyl (C=O) groups is 2. The van der Waals surface area contributed by atoms with E-state index in [0.717, 1.165) is 16.5 Å². The van der Waals surface area contributed by atoms with Crippen LogP contribution in [0.5, 0.6) is 0 Å². The number of amides is 1. The fraction of sp³-hybridized carbons (Fsp3) is 0.400. The quantitative estimate of drug-likeness (QED) is 0.890. The second-order valence-electron chi connectivity index (χ2n) is 7.44. The molecule has 2 aromatic carbocycles. The molecule has 0 aromatic heterocycles. The van der Waals surface area contributed by atoms with E-state index >= 15 is 0 Å². The van der Waals surface area contributed by atoms with Crippen molar-refractivity contribution in [3.05, 3.63) is 42.0 Å². The van der Waals surface area contributed by atoms with Crippen LogP contribution in [0.3, 0.4) is 0 Å². The van der Waals surface area contributed by atoms with Gasteiger partial charge in [-0.05, 0) is 38.3 Å². The summed E-state index contributed by atoms with van der Waals surface area (Å²) in [5.41, 5.74) is 0.794. The van der Waals surface area contributed by atoms with Crippen molar-refractivity contribution in [1.82, 2.24) is 4.90 Å². The highest BCUT2D eigenvalue weighted by atomic mass is 16.6. The smallest absolute Gasteiger partial charge is 0.410 e. The highest BCUT2D eigenvalue weighted by Crippen LogP contribution is 2.30. The molecule has 6 heteroatoms. The lowest BCUT2D eigenvalue weighted by Gasteiger charge is -2.37. The number of aromatic carboxylic acids is 1. The first-order valence-electron chi connectivity index (χ1n) is 8.74. The molecule has 0 radical (unpaired) electrons. The third kappa shape index (κ3) is 3.74. The van der Waals surface area contributed by atoms with Crippen molar-refractivity contribution in [2.75, 3.05) is 31.1 Å². The van der Waals surface area contributed by atoms with Crippen molar-refractivity contribution in [3.8, 4) is 0 Å². The van der Waals surface area contributed by atoms with Crippen LogP contribution >= 0.6 is 0 Å². The third-order valence-electron chi connectivity index (χ3n) is 4.40. The molecule has 6 nitrogen and oxygen atoms in total. The van der Waals surface area contributed by atoms with Crippen LogP contribution in [0.25, 0.3) is 10.8 Å². The molecule has 138 valence electrons. The number of fused-ring (bicyclic) bond motifs is 1. The minimum atomic E-state index is -0.928. The van der Waals surface area contributed by atoms with Crippen LogP contribution < -0.4 is 4.90 Å². The van der Waals surface area contributed by atoms with Crippen LogP contribution in [-0.2, 0) is 4.74 Å². The number of anilines is 1. The topological polar surface area (TPSA) is 70.1 Å². The number of hydrogen-bond donors (Lipinski definition) is 1. The Morgan fingerprint density at radius 2 is 1.58 bits per heavy atom. The summed E-state index contributed by atoms with van der Waals surface area (Å²) in [4.78, 5) is 27.6. The van der Waals surface area contributed by atoms with Crippen molar-refractivity contribution < 1.29 is 19.4 Å². The van der Waals surface area contributed by atoms with Crippen molar-refractivity contribution in [1.29, 1.82) is 0 Å². The van der Waals surface area contributed by atoms with Gasteiger partial charge in [0.25, 0.3) is 0 Å². The summed E-state index contributed by atoms with van der Waals surface area (Å²) in [7, 11) is 0. The Morgan fingerprint density at radius 3 is 2.15 bits per heavy atom. The molecule has 1 aliphatic heterocycles. The standard InChI is InChI=1S/C20H24N2O4/c1-20(2,3)26-19(25)22-12-10-21(11-13-22)17-9-8-16(18(23)24)14-6-4-5-7-15(14)17/h4-9H,10-13H2,1-3H3,(H,23,24). The van der Waals surface area contributed by atoms with Gasteiger partial charge in [-0.1, -0.05) is 24.3 Å². The Bertz CT molecular complexity index is 833. The first-order chi connectivity index (χ1) is 12.3. The van der Waals surface area contributed by atoms with Crippen molar-refractivity contribution in [2.45, 2.75) is 26.4 Å². The minimum absolute atomic E-state index is 0.289. The number of ether oxygens (including phenoxy) is 1. The second kappa shape index (κ2) is 6.86. The SMILES string of the molecule is CC(C)(C)OC(=O)N1CCN(c2ccc(C(=O)O)c3ccccc23)CC1. The molecule has 1 heterocycles. The number of carboxylic acids is 1. The second-order valence-corrected chi connectivity index (χ2v) is 7.44. The average molecular weight is 356 g/mol. The van der Waals surface area contributed by atoms with Gasteiger partial charge in [-0.15, -0.1) is 0 Å². The summed E-state index contributed by atoms with van der Waals surface area (Å²) in [5, 5.41) is 11.0. The van der Waals surface area contributed by atoms with Gasteiger partial charge in [0, 0.05) is 37.3 Å². The molecule has 2 aromatic rings. The minimum Gasteiger partial charge on any atom is -0.478 e. The van der Waals surface area contributed by atoms with E-state index in [2.05, 4.69) is 4.90 Å². The first kappa shape index (κ1) is 18.0. The first-order valence-corrected chi connectivity index (χ1v) is 8.74. The Kier molecular flexibility index (Phi) is 4.76. The molecule has 1 fully saturated rings. The lowest BCUT2D eigenvalue weighted by atomic mass is 10.0. The molecule has 26 heavy (non-hydrogen) atoms. The normalized spacial score (nSPS) is 15.2. The van der Waals surface area contributed by atoms with E-state index < -0.39 is 11.6 Å². The van der Waals surface area contributed by atoms with E-state index in [1.807, 2.05) is 51.1 Å². The summed E-state index contributed by atoms with van der Waals surface area (Å²) in [5.74, 6) is -0.928. The zero-order valence-corrected chi connectivity index (χ0v) is 15.4. The highest BCUT2D eigenvalue weighted by molar-refractivity contribution is 6.07. The number of hydrogen-bond acceptors (Lipinski definition) is 4. The van der Waals surface area contributed by atoms with Gasteiger partial charge in [-0.25, -0.2) is 9.59 Å². The maximum absolute atomic E-state index is 12.2.